The summed E-state index contributed by atoms with van der Waals surface area (Å²) in [5.74, 6) is 1.26. The van der Waals surface area contributed by atoms with E-state index in [0.29, 0.717) is 40.1 Å². The summed E-state index contributed by atoms with van der Waals surface area (Å²) in [6.07, 6.45) is 8.23. The van der Waals surface area contributed by atoms with Crippen LogP contribution in [0.4, 0.5) is 5.13 Å². The average Bonchev–Trinajstić information content (AvgIpc) is 3.53. The number of nitrogens with zero attached hydrogens (tertiary/aromatic N) is 4. The molecule has 178 valence electrons. The molecule has 0 unspecified atom stereocenters. The molecule has 0 atom stereocenters. The second kappa shape index (κ2) is 11.4. The van der Waals surface area contributed by atoms with E-state index in [1.807, 2.05) is 22.9 Å². The van der Waals surface area contributed by atoms with Crippen LogP contribution in [0.5, 0.6) is 11.5 Å². The van der Waals surface area contributed by atoms with Crippen LogP contribution in [0, 0.1) is 0 Å². The Labute approximate surface area is 207 Å². The molecule has 4 rings (SSSR count). The number of carbonyl (C=O) groups excluding carboxylic acids is 1. The third-order valence-electron chi connectivity index (χ3n) is 5.37. The SMILES string of the molecule is CCCCOc1ccc(C(=O)N(CCCn2ccnc2)c2nc3c(OC)ccc(Cl)c3s2)cc1. The van der Waals surface area contributed by atoms with Gasteiger partial charge in [0.1, 0.15) is 17.0 Å². The number of benzene rings is 2. The van der Waals surface area contributed by atoms with E-state index in [2.05, 4.69) is 11.9 Å². The molecular weight excluding hydrogens is 472 g/mol. The first-order chi connectivity index (χ1) is 16.6. The number of aryl methyl sites for hydroxylation is 1. The maximum absolute atomic E-state index is 13.6. The van der Waals surface area contributed by atoms with Gasteiger partial charge in [0.25, 0.3) is 5.91 Å². The van der Waals surface area contributed by atoms with E-state index in [1.54, 1.807) is 48.8 Å². The largest absolute Gasteiger partial charge is 0.494 e. The Hall–Kier alpha value is -3.10. The van der Waals surface area contributed by atoms with Gasteiger partial charge < -0.3 is 14.0 Å². The fourth-order valence-corrected chi connectivity index (χ4v) is 4.80. The minimum atomic E-state index is -0.125. The van der Waals surface area contributed by atoms with Crippen molar-refractivity contribution in [3.8, 4) is 11.5 Å². The van der Waals surface area contributed by atoms with Gasteiger partial charge in [-0.15, -0.1) is 0 Å². The summed E-state index contributed by atoms with van der Waals surface area (Å²) < 4.78 is 14.0. The fraction of sp³-hybridized carbons (Fsp3) is 0.320. The van der Waals surface area contributed by atoms with Crippen LogP contribution in [-0.4, -0.2) is 40.7 Å². The zero-order valence-corrected chi connectivity index (χ0v) is 20.8. The van der Waals surface area contributed by atoms with E-state index in [1.165, 1.54) is 11.3 Å². The van der Waals surface area contributed by atoms with Crippen LogP contribution in [0.25, 0.3) is 10.2 Å². The standard InChI is InChI=1S/C25H27ClN4O3S/c1-3-4-16-33-19-8-6-18(7-9-19)24(31)30(14-5-13-29-15-12-27-17-29)25-28-22-21(32-2)11-10-20(26)23(22)34-25/h6-12,15,17H,3-5,13-14,16H2,1-2H3. The van der Waals surface area contributed by atoms with Crippen LogP contribution in [-0.2, 0) is 6.54 Å². The molecule has 0 aliphatic rings. The number of hydrogen-bond acceptors (Lipinski definition) is 6. The summed E-state index contributed by atoms with van der Waals surface area (Å²) in [6, 6.07) is 10.8. The molecule has 0 radical (unpaired) electrons. The molecule has 2 aromatic carbocycles. The molecule has 9 heteroatoms. The van der Waals surface area contributed by atoms with Crippen molar-refractivity contribution in [3.63, 3.8) is 0 Å². The molecule has 2 heterocycles. The number of thiazole rings is 1. The van der Waals surface area contributed by atoms with Crippen LogP contribution >= 0.6 is 22.9 Å². The molecule has 0 bridgehead atoms. The van der Waals surface area contributed by atoms with Gasteiger partial charge in [-0.3, -0.25) is 9.69 Å². The Balaban J connectivity index is 1.60. The molecule has 4 aromatic rings. The summed E-state index contributed by atoms with van der Waals surface area (Å²) in [6.45, 7) is 4.02. The number of carbonyl (C=O) groups is 1. The number of methoxy groups -OCH3 is 1. The van der Waals surface area contributed by atoms with E-state index in [0.717, 1.165) is 36.3 Å². The molecule has 0 fully saturated rings. The molecule has 0 saturated carbocycles. The second-order valence-corrected chi connectivity index (χ2v) is 9.15. The highest BCUT2D eigenvalue weighted by Gasteiger charge is 2.23. The van der Waals surface area contributed by atoms with E-state index in [4.69, 9.17) is 26.1 Å². The highest BCUT2D eigenvalue weighted by atomic mass is 35.5. The van der Waals surface area contributed by atoms with Gasteiger partial charge in [0, 0.05) is 31.0 Å². The number of halogens is 1. The highest BCUT2D eigenvalue weighted by molar-refractivity contribution is 7.23. The quantitative estimate of drug-likeness (QED) is 0.235. The minimum absolute atomic E-state index is 0.125. The first-order valence-electron chi connectivity index (χ1n) is 11.2. The smallest absolute Gasteiger partial charge is 0.260 e. The van der Waals surface area contributed by atoms with Crippen LogP contribution < -0.4 is 14.4 Å². The Morgan fingerprint density at radius 1 is 1.18 bits per heavy atom. The normalized spacial score (nSPS) is 11.0. The molecule has 34 heavy (non-hydrogen) atoms. The number of rotatable bonds is 11. The van der Waals surface area contributed by atoms with Crippen molar-refractivity contribution in [2.45, 2.75) is 32.7 Å². The lowest BCUT2D eigenvalue weighted by atomic mass is 10.2. The summed E-state index contributed by atoms with van der Waals surface area (Å²) in [5, 5.41) is 1.17. The first-order valence-corrected chi connectivity index (χ1v) is 12.4. The number of amides is 1. The Bertz CT molecular complexity index is 1230. The van der Waals surface area contributed by atoms with Gasteiger partial charge >= 0.3 is 0 Å². The van der Waals surface area contributed by atoms with Gasteiger partial charge in [-0.25, -0.2) is 9.97 Å². The van der Waals surface area contributed by atoms with E-state index in [9.17, 15) is 4.79 Å². The van der Waals surface area contributed by atoms with E-state index >= 15 is 0 Å². The van der Waals surface area contributed by atoms with Crippen molar-refractivity contribution in [1.82, 2.24) is 14.5 Å². The van der Waals surface area contributed by atoms with Crippen molar-refractivity contribution < 1.29 is 14.3 Å². The highest BCUT2D eigenvalue weighted by Crippen LogP contribution is 2.39. The Kier molecular flexibility index (Phi) is 8.03. The first kappa shape index (κ1) is 24.0. The molecule has 0 aliphatic heterocycles. The van der Waals surface area contributed by atoms with Crippen molar-refractivity contribution in [3.05, 3.63) is 65.7 Å². The van der Waals surface area contributed by atoms with Gasteiger partial charge in [0.15, 0.2) is 5.13 Å². The third kappa shape index (κ3) is 5.51. The molecule has 0 N–H and O–H groups in total. The predicted molar refractivity (Wildman–Crippen MR) is 137 cm³/mol. The Morgan fingerprint density at radius 3 is 2.71 bits per heavy atom. The van der Waals surface area contributed by atoms with Crippen LogP contribution in [0.1, 0.15) is 36.5 Å². The lowest BCUT2D eigenvalue weighted by molar-refractivity contribution is 0.0986. The lowest BCUT2D eigenvalue weighted by Crippen LogP contribution is -2.32. The van der Waals surface area contributed by atoms with Gasteiger partial charge in [-0.2, -0.15) is 0 Å². The van der Waals surface area contributed by atoms with Gasteiger partial charge in [0.05, 0.1) is 29.8 Å². The van der Waals surface area contributed by atoms with Crippen LogP contribution in [0.15, 0.2) is 55.1 Å². The van der Waals surface area contributed by atoms with Gasteiger partial charge in [0.2, 0.25) is 0 Å². The summed E-state index contributed by atoms with van der Waals surface area (Å²) in [5.41, 5.74) is 1.23. The number of ether oxygens (including phenoxy) is 2. The second-order valence-electron chi connectivity index (χ2n) is 7.76. The Morgan fingerprint density at radius 2 is 2.00 bits per heavy atom. The predicted octanol–water partition coefficient (Wildman–Crippen LogP) is 6.07. The van der Waals surface area contributed by atoms with Gasteiger partial charge in [-0.05, 0) is 49.2 Å². The monoisotopic (exact) mass is 498 g/mol. The molecule has 1 amide bonds. The number of aromatic nitrogens is 3. The number of unbranched alkanes of at least 4 members (excludes halogenated alkanes) is 1. The number of anilines is 1. The molecule has 7 nitrogen and oxygen atoms in total. The van der Waals surface area contributed by atoms with Gasteiger partial charge in [-0.1, -0.05) is 36.3 Å². The van der Waals surface area contributed by atoms with Crippen LogP contribution in [0.2, 0.25) is 5.02 Å². The van der Waals surface area contributed by atoms with Crippen molar-refractivity contribution in [2.24, 2.45) is 0 Å². The summed E-state index contributed by atoms with van der Waals surface area (Å²) >= 11 is 7.82. The topological polar surface area (TPSA) is 69.5 Å². The number of imidazole rings is 1. The minimum Gasteiger partial charge on any atom is -0.494 e. The zero-order chi connectivity index (χ0) is 23.9. The average molecular weight is 499 g/mol. The maximum atomic E-state index is 13.6. The molecule has 0 saturated heterocycles. The molecule has 2 aromatic heterocycles. The van der Waals surface area contributed by atoms with Crippen molar-refractivity contribution >= 4 is 44.2 Å². The fourth-order valence-electron chi connectivity index (χ4n) is 3.52. The lowest BCUT2D eigenvalue weighted by Gasteiger charge is -2.20. The third-order valence-corrected chi connectivity index (χ3v) is 6.91. The summed E-state index contributed by atoms with van der Waals surface area (Å²) in [4.78, 5) is 24.1. The zero-order valence-electron chi connectivity index (χ0n) is 19.2. The molecular formula is C25H27ClN4O3S. The maximum Gasteiger partial charge on any atom is 0.260 e. The molecule has 0 spiro atoms. The van der Waals surface area contributed by atoms with Crippen molar-refractivity contribution in [1.29, 1.82) is 0 Å². The number of fused-ring (bicyclic) bond motifs is 1. The number of hydrogen-bond donors (Lipinski definition) is 0. The summed E-state index contributed by atoms with van der Waals surface area (Å²) in [7, 11) is 1.60. The van der Waals surface area contributed by atoms with E-state index in [-0.39, 0.29) is 5.91 Å². The molecule has 0 aliphatic carbocycles. The van der Waals surface area contributed by atoms with Crippen molar-refractivity contribution in [2.75, 3.05) is 25.2 Å². The van der Waals surface area contributed by atoms with Crippen LogP contribution in [0.3, 0.4) is 0 Å². The van der Waals surface area contributed by atoms with E-state index < -0.39 is 0 Å².